The molecule has 0 aromatic carbocycles. The summed E-state index contributed by atoms with van der Waals surface area (Å²) in [6.07, 6.45) is 1.49. The minimum atomic E-state index is -0.272. The van der Waals surface area contributed by atoms with E-state index in [4.69, 9.17) is 0 Å². The number of hydrogen-bond donors (Lipinski definition) is 0. The molecule has 0 N–H and O–H groups in total. The number of carbonyl (C=O) groups is 1. The van der Waals surface area contributed by atoms with Crippen molar-refractivity contribution >= 4 is 33.0 Å². The average molecular weight is 299 g/mol. The van der Waals surface area contributed by atoms with Crippen molar-refractivity contribution in [3.8, 4) is 0 Å². The Morgan fingerprint density at radius 2 is 2.25 bits per heavy atom. The molecule has 0 aliphatic rings. The highest BCUT2D eigenvalue weighted by atomic mass is 79.9. The molecule has 2 heterocycles. The van der Waals surface area contributed by atoms with Crippen LogP contribution in [0.2, 0.25) is 0 Å². The first-order valence-electron chi connectivity index (χ1n) is 4.47. The lowest BCUT2D eigenvalue weighted by molar-refractivity contribution is 0.0969. The van der Waals surface area contributed by atoms with E-state index >= 15 is 0 Å². The molecule has 0 aliphatic carbocycles. The summed E-state index contributed by atoms with van der Waals surface area (Å²) in [6, 6.07) is 6.46. The van der Waals surface area contributed by atoms with Crippen LogP contribution in [0.15, 0.2) is 39.0 Å². The van der Waals surface area contributed by atoms with E-state index in [9.17, 15) is 9.59 Å². The number of thiophene rings is 1. The van der Waals surface area contributed by atoms with E-state index in [1.807, 2.05) is 0 Å². The average Bonchev–Trinajstić information content (AvgIpc) is 2.68. The lowest BCUT2D eigenvalue weighted by Crippen LogP contribution is -2.25. The van der Waals surface area contributed by atoms with Gasteiger partial charge in [-0.3, -0.25) is 9.59 Å². The van der Waals surface area contributed by atoms with E-state index in [2.05, 4.69) is 21.0 Å². The van der Waals surface area contributed by atoms with E-state index in [1.54, 1.807) is 18.2 Å². The summed E-state index contributed by atoms with van der Waals surface area (Å²) in [5.41, 5.74) is -0.272. The van der Waals surface area contributed by atoms with Gasteiger partial charge < -0.3 is 0 Å². The minimum Gasteiger partial charge on any atom is -0.291 e. The molecule has 0 unspecified atom stereocenters. The van der Waals surface area contributed by atoms with Crippen LogP contribution in [0.3, 0.4) is 0 Å². The molecule has 0 amide bonds. The maximum absolute atomic E-state index is 11.8. The van der Waals surface area contributed by atoms with Crippen LogP contribution < -0.4 is 5.56 Å². The lowest BCUT2D eigenvalue weighted by atomic mass is 10.3. The van der Waals surface area contributed by atoms with Gasteiger partial charge in [0.15, 0.2) is 5.78 Å². The van der Waals surface area contributed by atoms with Gasteiger partial charge in [0.05, 0.1) is 8.66 Å². The number of ketones is 1. The molecule has 16 heavy (non-hydrogen) atoms. The number of carbonyl (C=O) groups excluding carboxylic acids is 1. The zero-order valence-corrected chi connectivity index (χ0v) is 10.5. The summed E-state index contributed by atoms with van der Waals surface area (Å²) in [5, 5.41) is 3.83. The van der Waals surface area contributed by atoms with E-state index < -0.39 is 0 Å². The van der Waals surface area contributed by atoms with Gasteiger partial charge in [0.25, 0.3) is 5.56 Å². The topological polar surface area (TPSA) is 52.0 Å². The molecule has 0 spiro atoms. The molecule has 6 heteroatoms. The Hall–Kier alpha value is -1.27. The van der Waals surface area contributed by atoms with Crippen LogP contribution >= 0.6 is 27.3 Å². The molecule has 0 saturated heterocycles. The standard InChI is InChI=1S/C10H7BrN2O2S/c11-9-4-3-8(16-9)7(14)6-13-10(15)2-1-5-12-13/h1-5H,6H2. The fraction of sp³-hybridized carbons (Fsp3) is 0.100. The van der Waals surface area contributed by atoms with Crippen LogP contribution in [0.5, 0.6) is 0 Å². The Bertz CT molecular complexity index is 576. The van der Waals surface area contributed by atoms with Crippen molar-refractivity contribution in [1.82, 2.24) is 9.78 Å². The molecule has 0 fully saturated rings. The molecule has 0 radical (unpaired) electrons. The second-order valence-corrected chi connectivity index (χ2v) is 5.51. The molecule has 0 aliphatic heterocycles. The predicted molar refractivity (Wildman–Crippen MR) is 64.8 cm³/mol. The highest BCUT2D eigenvalue weighted by Gasteiger charge is 2.10. The normalized spacial score (nSPS) is 10.3. The van der Waals surface area contributed by atoms with Crippen molar-refractivity contribution in [1.29, 1.82) is 0 Å². The SMILES string of the molecule is O=C(Cn1ncccc1=O)c1ccc(Br)s1. The highest BCUT2D eigenvalue weighted by molar-refractivity contribution is 9.11. The van der Waals surface area contributed by atoms with E-state index in [-0.39, 0.29) is 17.9 Å². The number of halogens is 1. The van der Waals surface area contributed by atoms with E-state index in [0.29, 0.717) is 4.88 Å². The Labute approximate surface area is 104 Å². The van der Waals surface area contributed by atoms with Gasteiger partial charge in [-0.2, -0.15) is 5.10 Å². The van der Waals surface area contributed by atoms with Crippen molar-refractivity contribution in [2.45, 2.75) is 6.54 Å². The van der Waals surface area contributed by atoms with Crippen LogP contribution in [-0.2, 0) is 6.54 Å². The first-order valence-corrected chi connectivity index (χ1v) is 6.08. The number of aromatic nitrogens is 2. The van der Waals surface area contributed by atoms with Crippen LogP contribution in [0.25, 0.3) is 0 Å². The first kappa shape index (κ1) is 11.2. The van der Waals surface area contributed by atoms with Gasteiger partial charge in [-0.1, -0.05) is 0 Å². The molecule has 82 valence electrons. The molecule has 2 rings (SSSR count). The summed E-state index contributed by atoms with van der Waals surface area (Å²) < 4.78 is 2.04. The molecule has 0 saturated carbocycles. The summed E-state index contributed by atoms with van der Waals surface area (Å²) in [7, 11) is 0. The van der Waals surface area contributed by atoms with E-state index in [1.165, 1.54) is 23.6 Å². The number of rotatable bonds is 3. The summed E-state index contributed by atoms with van der Waals surface area (Å²) in [5.74, 6) is -0.114. The predicted octanol–water partition coefficient (Wildman–Crippen LogP) is 1.95. The third-order valence-electron chi connectivity index (χ3n) is 1.93. The Morgan fingerprint density at radius 3 is 2.88 bits per heavy atom. The van der Waals surface area contributed by atoms with Gasteiger partial charge in [-0.25, -0.2) is 4.68 Å². The number of hydrogen-bond acceptors (Lipinski definition) is 4. The first-order chi connectivity index (χ1) is 7.66. The Morgan fingerprint density at radius 1 is 1.44 bits per heavy atom. The van der Waals surface area contributed by atoms with Gasteiger partial charge in [0, 0.05) is 12.3 Å². The molecule has 0 bridgehead atoms. The highest BCUT2D eigenvalue weighted by Crippen LogP contribution is 2.22. The number of nitrogens with zero attached hydrogens (tertiary/aromatic N) is 2. The fourth-order valence-electron chi connectivity index (χ4n) is 1.18. The largest absolute Gasteiger partial charge is 0.291 e. The molecule has 2 aromatic rings. The molecular weight excluding hydrogens is 292 g/mol. The van der Waals surface area contributed by atoms with E-state index in [0.717, 1.165) is 8.47 Å². The van der Waals surface area contributed by atoms with Crippen molar-refractivity contribution in [3.63, 3.8) is 0 Å². The van der Waals surface area contributed by atoms with Crippen LogP contribution in [-0.4, -0.2) is 15.6 Å². The smallest absolute Gasteiger partial charge is 0.267 e. The maximum atomic E-state index is 11.8. The second kappa shape index (κ2) is 4.71. The lowest BCUT2D eigenvalue weighted by Gasteiger charge is -2.00. The van der Waals surface area contributed by atoms with Crippen molar-refractivity contribution in [3.05, 3.63) is 49.5 Å². The van der Waals surface area contributed by atoms with Crippen molar-refractivity contribution in [2.24, 2.45) is 0 Å². The minimum absolute atomic E-state index is 0.0212. The van der Waals surface area contributed by atoms with Crippen LogP contribution in [0, 0.1) is 0 Å². The summed E-state index contributed by atoms with van der Waals surface area (Å²) in [4.78, 5) is 23.7. The monoisotopic (exact) mass is 298 g/mol. The third kappa shape index (κ3) is 2.45. The number of Topliss-reactive ketones (excluding diaryl/α,β-unsaturated/α-hetero) is 1. The summed E-state index contributed by atoms with van der Waals surface area (Å²) in [6.45, 7) is -0.0212. The van der Waals surface area contributed by atoms with Gasteiger partial charge in [0.1, 0.15) is 6.54 Å². The van der Waals surface area contributed by atoms with Gasteiger partial charge >= 0.3 is 0 Å². The second-order valence-electron chi connectivity index (χ2n) is 3.05. The zero-order valence-electron chi connectivity index (χ0n) is 8.09. The van der Waals surface area contributed by atoms with Gasteiger partial charge in [0.2, 0.25) is 0 Å². The molecule has 4 nitrogen and oxygen atoms in total. The van der Waals surface area contributed by atoms with Gasteiger partial charge in [-0.15, -0.1) is 11.3 Å². The fourth-order valence-corrected chi connectivity index (χ4v) is 2.50. The molecule has 0 atom stereocenters. The molecular formula is C10H7BrN2O2S. The third-order valence-corrected chi connectivity index (χ3v) is 3.59. The summed E-state index contributed by atoms with van der Waals surface area (Å²) >= 11 is 4.63. The quantitative estimate of drug-likeness (QED) is 0.814. The van der Waals surface area contributed by atoms with Gasteiger partial charge in [-0.05, 0) is 34.1 Å². The van der Waals surface area contributed by atoms with Crippen molar-refractivity contribution in [2.75, 3.05) is 0 Å². The van der Waals surface area contributed by atoms with Crippen LogP contribution in [0.1, 0.15) is 9.67 Å². The molecule has 2 aromatic heterocycles. The van der Waals surface area contributed by atoms with Crippen LogP contribution in [0.4, 0.5) is 0 Å². The van der Waals surface area contributed by atoms with Crippen molar-refractivity contribution < 1.29 is 4.79 Å². The Kier molecular flexibility index (Phi) is 3.31. The maximum Gasteiger partial charge on any atom is 0.267 e. The zero-order chi connectivity index (χ0) is 11.5. The Balaban J connectivity index is 2.20.